The highest BCUT2D eigenvalue weighted by Crippen LogP contribution is 2.15. The summed E-state index contributed by atoms with van der Waals surface area (Å²) in [5.74, 6) is 0. The molecule has 0 amide bonds. The van der Waals surface area contributed by atoms with Crippen LogP contribution in [-0.4, -0.2) is 10.3 Å². The number of hydrogen-bond acceptors (Lipinski definition) is 3. The molecule has 0 aliphatic heterocycles. The number of aryl methyl sites for hydroxylation is 1. The zero-order valence-corrected chi connectivity index (χ0v) is 12.0. The van der Waals surface area contributed by atoms with E-state index in [1.54, 1.807) is 11.3 Å². The number of para-hydroxylation sites is 1. The Kier molecular flexibility index (Phi) is 3.77. The second-order valence-electron chi connectivity index (χ2n) is 4.34. The Balaban J connectivity index is 2.67. The summed E-state index contributed by atoms with van der Waals surface area (Å²) in [6, 6.07) is 10.3. The van der Waals surface area contributed by atoms with Gasteiger partial charge in [0.05, 0.1) is 0 Å². The normalized spacial score (nSPS) is 11.7. The minimum absolute atomic E-state index is 0.914. The van der Waals surface area contributed by atoms with Crippen LogP contribution in [0.3, 0.4) is 0 Å². The Bertz CT molecular complexity index is 629. The molecule has 1 aromatic heterocycles. The Hall–Kier alpha value is -1.68. The van der Waals surface area contributed by atoms with Crippen LogP contribution in [0.15, 0.2) is 40.5 Å². The van der Waals surface area contributed by atoms with Crippen molar-refractivity contribution in [1.82, 2.24) is 4.57 Å². The highest BCUT2D eigenvalue weighted by molar-refractivity contribution is 7.09. The van der Waals surface area contributed by atoms with E-state index in [1.807, 2.05) is 32.0 Å². The summed E-state index contributed by atoms with van der Waals surface area (Å²) in [6.07, 6.45) is 0. The van der Waals surface area contributed by atoms with Crippen LogP contribution in [0.25, 0.3) is 5.69 Å². The van der Waals surface area contributed by atoms with Crippen molar-refractivity contribution in [3.63, 3.8) is 0 Å². The number of benzene rings is 1. The van der Waals surface area contributed by atoms with Gasteiger partial charge in [0.2, 0.25) is 4.80 Å². The molecule has 0 saturated carbocycles. The van der Waals surface area contributed by atoms with Gasteiger partial charge in [-0.3, -0.25) is 4.57 Å². The van der Waals surface area contributed by atoms with E-state index in [0.29, 0.717) is 0 Å². The van der Waals surface area contributed by atoms with E-state index in [0.717, 1.165) is 16.2 Å². The molecular weight excluding hydrogens is 242 g/mol. The highest BCUT2D eigenvalue weighted by atomic mass is 32.1. The fourth-order valence-electron chi connectivity index (χ4n) is 1.65. The van der Waals surface area contributed by atoms with Crippen molar-refractivity contribution in [2.45, 2.75) is 27.7 Å². The maximum atomic E-state index is 4.33. The van der Waals surface area contributed by atoms with Crippen LogP contribution in [0.2, 0.25) is 0 Å². The van der Waals surface area contributed by atoms with E-state index in [4.69, 9.17) is 0 Å². The maximum absolute atomic E-state index is 4.33. The molecule has 0 saturated heterocycles. The minimum Gasteiger partial charge on any atom is -0.288 e. The topological polar surface area (TPSA) is 29.6 Å². The second kappa shape index (κ2) is 5.31. The van der Waals surface area contributed by atoms with E-state index in [9.17, 15) is 0 Å². The van der Waals surface area contributed by atoms with E-state index in [2.05, 4.69) is 40.8 Å². The van der Waals surface area contributed by atoms with Gasteiger partial charge < -0.3 is 0 Å². The predicted octanol–water partition coefficient (Wildman–Crippen LogP) is 3.45. The van der Waals surface area contributed by atoms with Crippen LogP contribution in [0.4, 0.5) is 0 Å². The first-order chi connectivity index (χ1) is 8.59. The summed E-state index contributed by atoms with van der Waals surface area (Å²) in [4.78, 5) is 2.18. The predicted molar refractivity (Wildman–Crippen MR) is 77.5 cm³/mol. The zero-order valence-electron chi connectivity index (χ0n) is 11.1. The number of nitrogens with zero attached hydrogens (tertiary/aromatic N) is 3. The van der Waals surface area contributed by atoms with Gasteiger partial charge in [0, 0.05) is 22.0 Å². The third-order valence-electron chi connectivity index (χ3n) is 2.63. The second-order valence-corrected chi connectivity index (χ2v) is 5.53. The molecule has 0 radical (unpaired) electrons. The van der Waals surface area contributed by atoms with E-state index < -0.39 is 0 Å². The van der Waals surface area contributed by atoms with Crippen molar-refractivity contribution >= 4 is 17.0 Å². The van der Waals surface area contributed by atoms with Crippen molar-refractivity contribution in [2.75, 3.05) is 0 Å². The van der Waals surface area contributed by atoms with Gasteiger partial charge in [0.1, 0.15) is 0 Å². The van der Waals surface area contributed by atoms with Crippen molar-refractivity contribution in [1.29, 1.82) is 0 Å². The first-order valence-electron chi connectivity index (χ1n) is 5.89. The third kappa shape index (κ3) is 2.59. The molecular formula is C14H17N3S. The Morgan fingerprint density at radius 1 is 1.11 bits per heavy atom. The number of aromatic nitrogens is 1. The molecule has 2 aromatic rings. The van der Waals surface area contributed by atoms with Crippen LogP contribution in [0, 0.1) is 13.8 Å². The molecule has 94 valence electrons. The van der Waals surface area contributed by atoms with Crippen LogP contribution >= 0.6 is 11.3 Å². The Morgan fingerprint density at radius 3 is 2.39 bits per heavy atom. The quantitative estimate of drug-likeness (QED) is 0.584. The van der Waals surface area contributed by atoms with Gasteiger partial charge in [0.15, 0.2) is 0 Å². The molecule has 3 nitrogen and oxygen atoms in total. The Morgan fingerprint density at radius 2 is 1.78 bits per heavy atom. The smallest absolute Gasteiger partial charge is 0.215 e. The summed E-state index contributed by atoms with van der Waals surface area (Å²) in [5.41, 5.74) is 3.30. The van der Waals surface area contributed by atoms with Crippen molar-refractivity contribution in [3.05, 3.63) is 45.7 Å². The lowest BCUT2D eigenvalue weighted by Gasteiger charge is -2.05. The first kappa shape index (κ1) is 12.8. The lowest BCUT2D eigenvalue weighted by molar-refractivity contribution is 0.919. The Labute approximate surface area is 111 Å². The lowest BCUT2D eigenvalue weighted by Crippen LogP contribution is -2.13. The molecule has 0 bridgehead atoms. The number of thiazole rings is 1. The molecule has 1 aromatic carbocycles. The van der Waals surface area contributed by atoms with Gasteiger partial charge in [0.25, 0.3) is 0 Å². The zero-order chi connectivity index (χ0) is 13.1. The SMILES string of the molecule is CC(C)=NN=c1sc(C)c(C)n1-c1ccccc1. The van der Waals surface area contributed by atoms with E-state index in [1.165, 1.54) is 10.6 Å². The van der Waals surface area contributed by atoms with Gasteiger partial charge in [-0.2, -0.15) is 5.10 Å². The molecule has 2 rings (SSSR count). The molecule has 0 N–H and O–H groups in total. The first-order valence-corrected chi connectivity index (χ1v) is 6.70. The summed E-state index contributed by atoms with van der Waals surface area (Å²) >= 11 is 1.67. The molecule has 18 heavy (non-hydrogen) atoms. The monoisotopic (exact) mass is 259 g/mol. The van der Waals surface area contributed by atoms with E-state index >= 15 is 0 Å². The molecule has 0 unspecified atom stereocenters. The molecule has 0 aliphatic rings. The molecule has 4 heteroatoms. The van der Waals surface area contributed by atoms with Crippen LogP contribution < -0.4 is 4.80 Å². The molecule has 1 heterocycles. The largest absolute Gasteiger partial charge is 0.288 e. The van der Waals surface area contributed by atoms with Gasteiger partial charge in [-0.1, -0.05) is 29.5 Å². The van der Waals surface area contributed by atoms with E-state index in [-0.39, 0.29) is 0 Å². The molecule has 0 fully saturated rings. The number of hydrogen-bond donors (Lipinski definition) is 0. The van der Waals surface area contributed by atoms with Crippen LogP contribution in [0.5, 0.6) is 0 Å². The summed E-state index contributed by atoms with van der Waals surface area (Å²) < 4.78 is 2.15. The van der Waals surface area contributed by atoms with Crippen LogP contribution in [0.1, 0.15) is 24.4 Å². The summed E-state index contributed by atoms with van der Waals surface area (Å²) in [6.45, 7) is 8.12. The van der Waals surface area contributed by atoms with Crippen molar-refractivity contribution in [2.24, 2.45) is 10.2 Å². The number of rotatable bonds is 2. The lowest BCUT2D eigenvalue weighted by atomic mass is 10.3. The summed E-state index contributed by atoms with van der Waals surface area (Å²) in [5, 5.41) is 8.50. The molecule has 0 spiro atoms. The summed E-state index contributed by atoms with van der Waals surface area (Å²) in [7, 11) is 0. The standard InChI is InChI=1S/C14H17N3S/c1-10(2)15-16-14-17(11(3)12(4)18-14)13-8-6-5-7-9-13/h5-9H,1-4H3. The van der Waals surface area contributed by atoms with Crippen LogP contribution in [-0.2, 0) is 0 Å². The van der Waals surface area contributed by atoms with Gasteiger partial charge in [-0.25, -0.2) is 0 Å². The van der Waals surface area contributed by atoms with Gasteiger partial charge in [-0.15, -0.1) is 5.10 Å². The van der Waals surface area contributed by atoms with Gasteiger partial charge >= 0.3 is 0 Å². The molecule has 0 atom stereocenters. The van der Waals surface area contributed by atoms with Crippen molar-refractivity contribution in [3.8, 4) is 5.69 Å². The maximum Gasteiger partial charge on any atom is 0.215 e. The third-order valence-corrected chi connectivity index (χ3v) is 3.68. The fourth-order valence-corrected chi connectivity index (χ4v) is 2.57. The molecule has 0 aliphatic carbocycles. The average Bonchev–Trinajstić information content (AvgIpc) is 2.64. The fraction of sp³-hybridized carbons (Fsp3) is 0.286. The highest BCUT2D eigenvalue weighted by Gasteiger charge is 2.07. The minimum atomic E-state index is 0.914. The van der Waals surface area contributed by atoms with Crippen molar-refractivity contribution < 1.29 is 0 Å². The van der Waals surface area contributed by atoms with Gasteiger partial charge in [-0.05, 0) is 39.8 Å². The average molecular weight is 259 g/mol.